The van der Waals surface area contributed by atoms with Crippen LogP contribution >= 0.6 is 0 Å². The molecule has 2 saturated heterocycles. The fourth-order valence-electron chi connectivity index (χ4n) is 3.39. The quantitative estimate of drug-likeness (QED) is 0.836. The van der Waals surface area contributed by atoms with E-state index in [9.17, 15) is 14.4 Å². The van der Waals surface area contributed by atoms with E-state index in [1.807, 2.05) is 12.1 Å². The highest BCUT2D eigenvalue weighted by Gasteiger charge is 2.33. The SMILES string of the molecule is CCOC(=O)N1CCN(C(=O)N[C@@H]2CC(=O)N(c3ccc(OC)cc3)C2)CC1. The summed E-state index contributed by atoms with van der Waals surface area (Å²) in [5.41, 5.74) is 0.783. The largest absolute Gasteiger partial charge is 0.497 e. The molecule has 0 aliphatic carbocycles. The summed E-state index contributed by atoms with van der Waals surface area (Å²) in [6.07, 6.45) is -0.0836. The molecule has 0 spiro atoms. The topological polar surface area (TPSA) is 91.4 Å². The predicted octanol–water partition coefficient (Wildman–Crippen LogP) is 1.28. The van der Waals surface area contributed by atoms with E-state index in [0.29, 0.717) is 39.3 Å². The molecule has 1 aromatic rings. The second-order valence-corrected chi connectivity index (χ2v) is 6.73. The van der Waals surface area contributed by atoms with Crippen LogP contribution < -0.4 is 15.0 Å². The first kappa shape index (κ1) is 19.8. The number of piperazine rings is 1. The van der Waals surface area contributed by atoms with Crippen molar-refractivity contribution in [2.24, 2.45) is 0 Å². The first-order chi connectivity index (χ1) is 13.5. The van der Waals surface area contributed by atoms with Gasteiger partial charge in [0.05, 0.1) is 19.8 Å². The zero-order chi connectivity index (χ0) is 20.1. The van der Waals surface area contributed by atoms with Crippen LogP contribution in [0, 0.1) is 0 Å². The lowest BCUT2D eigenvalue weighted by Gasteiger charge is -2.34. The maximum Gasteiger partial charge on any atom is 0.409 e. The van der Waals surface area contributed by atoms with Crippen LogP contribution in [0.4, 0.5) is 15.3 Å². The molecule has 2 heterocycles. The number of hydrogen-bond acceptors (Lipinski definition) is 5. The summed E-state index contributed by atoms with van der Waals surface area (Å²) in [7, 11) is 1.59. The van der Waals surface area contributed by atoms with E-state index in [-0.39, 0.29) is 30.5 Å². The highest BCUT2D eigenvalue weighted by molar-refractivity contribution is 5.96. The maximum atomic E-state index is 12.5. The highest BCUT2D eigenvalue weighted by atomic mass is 16.6. The van der Waals surface area contributed by atoms with Gasteiger partial charge in [0.15, 0.2) is 0 Å². The lowest BCUT2D eigenvalue weighted by atomic mass is 10.2. The first-order valence-electron chi connectivity index (χ1n) is 9.43. The van der Waals surface area contributed by atoms with Crippen LogP contribution in [0.1, 0.15) is 13.3 Å². The molecule has 1 N–H and O–H groups in total. The molecule has 0 radical (unpaired) electrons. The zero-order valence-electron chi connectivity index (χ0n) is 16.2. The Kier molecular flexibility index (Phi) is 6.23. The van der Waals surface area contributed by atoms with Crippen molar-refractivity contribution in [3.05, 3.63) is 24.3 Å². The fourth-order valence-corrected chi connectivity index (χ4v) is 3.39. The molecule has 2 fully saturated rings. The third-order valence-electron chi connectivity index (χ3n) is 4.93. The minimum absolute atomic E-state index is 0.0254. The van der Waals surface area contributed by atoms with Crippen LogP contribution in [0.5, 0.6) is 5.75 Å². The number of nitrogens with zero attached hydrogens (tertiary/aromatic N) is 3. The van der Waals surface area contributed by atoms with Gasteiger partial charge < -0.3 is 29.5 Å². The van der Waals surface area contributed by atoms with Crippen molar-refractivity contribution in [1.82, 2.24) is 15.1 Å². The molecule has 28 heavy (non-hydrogen) atoms. The smallest absolute Gasteiger partial charge is 0.409 e. The molecule has 0 bridgehead atoms. The summed E-state index contributed by atoms with van der Waals surface area (Å²) in [6, 6.07) is 6.81. The minimum Gasteiger partial charge on any atom is -0.497 e. The van der Waals surface area contributed by atoms with E-state index in [1.165, 1.54) is 0 Å². The molecule has 0 aromatic heterocycles. The number of hydrogen-bond donors (Lipinski definition) is 1. The van der Waals surface area contributed by atoms with Gasteiger partial charge in [-0.3, -0.25) is 4.79 Å². The Morgan fingerprint density at radius 2 is 1.75 bits per heavy atom. The summed E-state index contributed by atoms with van der Waals surface area (Å²) < 4.78 is 10.1. The van der Waals surface area contributed by atoms with Crippen LogP contribution in [-0.4, -0.2) is 80.3 Å². The van der Waals surface area contributed by atoms with Crippen LogP contribution in [0.25, 0.3) is 0 Å². The monoisotopic (exact) mass is 390 g/mol. The Hall–Kier alpha value is -2.97. The summed E-state index contributed by atoms with van der Waals surface area (Å²) in [5, 5.41) is 2.94. The maximum absolute atomic E-state index is 12.5. The third-order valence-corrected chi connectivity index (χ3v) is 4.93. The van der Waals surface area contributed by atoms with Gasteiger partial charge in [-0.1, -0.05) is 0 Å². The Bertz CT molecular complexity index is 716. The van der Waals surface area contributed by atoms with Gasteiger partial charge in [0.1, 0.15) is 5.75 Å². The average molecular weight is 390 g/mol. The van der Waals surface area contributed by atoms with Crippen molar-refractivity contribution in [2.45, 2.75) is 19.4 Å². The number of methoxy groups -OCH3 is 1. The standard InChI is InChI=1S/C19H26N4O5/c1-3-28-19(26)22-10-8-21(9-11-22)18(25)20-14-12-17(24)23(13-14)15-4-6-16(27-2)7-5-15/h4-7,14H,3,8-13H2,1-2H3,(H,20,25)/t14-/m1/s1. The van der Waals surface area contributed by atoms with E-state index in [0.717, 1.165) is 11.4 Å². The molecule has 9 nitrogen and oxygen atoms in total. The Labute approximate surface area is 164 Å². The van der Waals surface area contributed by atoms with Crippen molar-refractivity contribution in [1.29, 1.82) is 0 Å². The fraction of sp³-hybridized carbons (Fsp3) is 0.526. The van der Waals surface area contributed by atoms with Gasteiger partial charge >= 0.3 is 12.1 Å². The van der Waals surface area contributed by atoms with Gasteiger partial charge in [-0.2, -0.15) is 0 Å². The van der Waals surface area contributed by atoms with Crippen LogP contribution in [0.2, 0.25) is 0 Å². The number of urea groups is 1. The zero-order valence-corrected chi connectivity index (χ0v) is 16.2. The number of benzene rings is 1. The van der Waals surface area contributed by atoms with E-state index in [4.69, 9.17) is 9.47 Å². The number of nitrogens with one attached hydrogen (secondary N) is 1. The van der Waals surface area contributed by atoms with Crippen molar-refractivity contribution in [3.63, 3.8) is 0 Å². The first-order valence-corrected chi connectivity index (χ1v) is 9.43. The van der Waals surface area contributed by atoms with E-state index in [2.05, 4.69) is 5.32 Å². The van der Waals surface area contributed by atoms with Crippen molar-refractivity contribution < 1.29 is 23.9 Å². The summed E-state index contributed by atoms with van der Waals surface area (Å²) in [4.78, 5) is 41.5. The number of anilines is 1. The summed E-state index contributed by atoms with van der Waals surface area (Å²) in [6.45, 7) is 4.28. The molecule has 2 aliphatic rings. The predicted molar refractivity (Wildman–Crippen MR) is 102 cm³/mol. The van der Waals surface area contributed by atoms with E-state index >= 15 is 0 Å². The molecule has 2 aliphatic heterocycles. The Balaban J connectivity index is 1.50. The number of rotatable bonds is 4. The van der Waals surface area contributed by atoms with Gasteiger partial charge in [-0.05, 0) is 31.2 Å². The van der Waals surface area contributed by atoms with Gasteiger partial charge in [-0.15, -0.1) is 0 Å². The molecular formula is C19H26N4O5. The average Bonchev–Trinajstić information content (AvgIpc) is 3.08. The normalized spacial score (nSPS) is 19.6. The molecular weight excluding hydrogens is 364 g/mol. The Morgan fingerprint density at radius 3 is 2.36 bits per heavy atom. The lowest BCUT2D eigenvalue weighted by Crippen LogP contribution is -2.54. The van der Waals surface area contributed by atoms with E-state index < -0.39 is 0 Å². The minimum atomic E-state index is -0.348. The molecule has 4 amide bonds. The molecule has 3 rings (SSSR count). The van der Waals surface area contributed by atoms with E-state index in [1.54, 1.807) is 40.9 Å². The second kappa shape index (κ2) is 8.81. The van der Waals surface area contributed by atoms with Gasteiger partial charge in [0.25, 0.3) is 0 Å². The van der Waals surface area contributed by atoms with Crippen molar-refractivity contribution in [3.8, 4) is 5.75 Å². The third kappa shape index (κ3) is 4.47. The highest BCUT2D eigenvalue weighted by Crippen LogP contribution is 2.24. The number of carbonyl (C=O) groups excluding carboxylic acids is 3. The molecule has 1 atom stereocenters. The van der Waals surface area contributed by atoms with Crippen LogP contribution in [0.15, 0.2) is 24.3 Å². The van der Waals surface area contributed by atoms with Gasteiger partial charge in [-0.25, -0.2) is 9.59 Å². The molecule has 9 heteroatoms. The molecule has 0 saturated carbocycles. The van der Waals surface area contributed by atoms with Crippen molar-refractivity contribution in [2.75, 3.05) is 51.3 Å². The Morgan fingerprint density at radius 1 is 1.11 bits per heavy atom. The molecule has 1 aromatic carbocycles. The molecule has 152 valence electrons. The van der Waals surface area contributed by atoms with Gasteiger partial charge in [0, 0.05) is 44.8 Å². The van der Waals surface area contributed by atoms with Crippen LogP contribution in [0.3, 0.4) is 0 Å². The second-order valence-electron chi connectivity index (χ2n) is 6.73. The van der Waals surface area contributed by atoms with Crippen molar-refractivity contribution >= 4 is 23.7 Å². The number of carbonyl (C=O) groups is 3. The van der Waals surface area contributed by atoms with Crippen LogP contribution in [-0.2, 0) is 9.53 Å². The van der Waals surface area contributed by atoms with Gasteiger partial charge in [0.2, 0.25) is 5.91 Å². The summed E-state index contributed by atoms with van der Waals surface area (Å²) in [5.74, 6) is 0.699. The molecule has 0 unspecified atom stereocenters. The number of ether oxygens (including phenoxy) is 2. The lowest BCUT2D eigenvalue weighted by molar-refractivity contribution is -0.117. The summed E-state index contributed by atoms with van der Waals surface area (Å²) >= 11 is 0. The number of amides is 4.